The molecular weight excluding hydrogens is 154 g/mol. The van der Waals surface area contributed by atoms with Gasteiger partial charge in [0.2, 0.25) is 6.08 Å². The molecule has 0 radical (unpaired) electrons. The van der Waals surface area contributed by atoms with Crippen molar-refractivity contribution in [3.05, 3.63) is 0 Å². The van der Waals surface area contributed by atoms with Crippen molar-refractivity contribution in [3.63, 3.8) is 0 Å². The van der Waals surface area contributed by atoms with Crippen molar-refractivity contribution < 1.29 is 9.53 Å². The predicted molar refractivity (Wildman–Crippen MR) is 43.6 cm³/mol. The number of isocyanates is 1. The minimum absolute atomic E-state index is 0.0952. The average Bonchev–Trinajstić information content (AvgIpc) is 2.64. The smallest absolute Gasteiger partial charge is 0.235 e. The van der Waals surface area contributed by atoms with Gasteiger partial charge < -0.3 is 4.74 Å². The molecular formula is C9H13NO2. The van der Waals surface area contributed by atoms with Gasteiger partial charge in [-0.15, -0.1) is 0 Å². The molecule has 0 N–H and O–H groups in total. The number of nitrogens with zero attached hydrogens (tertiary/aromatic N) is 1. The number of rotatable bonds is 2. The number of fused-ring (bicyclic) bond motifs is 2. The lowest BCUT2D eigenvalue weighted by Crippen LogP contribution is -2.25. The standard InChI is InChI=1S/C9H13NO2/c1-6(10-5-11)8-4-7-2-3-9(8)12-7/h6-9H,2-4H2,1H3. The van der Waals surface area contributed by atoms with E-state index in [1.165, 1.54) is 6.42 Å². The van der Waals surface area contributed by atoms with Crippen LogP contribution in [0, 0.1) is 5.92 Å². The van der Waals surface area contributed by atoms with Crippen molar-refractivity contribution >= 4 is 6.08 Å². The number of aliphatic imine (C=N–C) groups is 1. The molecule has 4 atom stereocenters. The van der Waals surface area contributed by atoms with Crippen molar-refractivity contribution in [2.24, 2.45) is 10.9 Å². The summed E-state index contributed by atoms with van der Waals surface area (Å²) in [6, 6.07) is 0.0952. The number of hydrogen-bond acceptors (Lipinski definition) is 3. The molecule has 0 aromatic carbocycles. The number of carbonyl (C=O) groups excluding carboxylic acids is 1. The third-order valence-corrected chi connectivity index (χ3v) is 3.03. The van der Waals surface area contributed by atoms with E-state index in [9.17, 15) is 4.79 Å². The van der Waals surface area contributed by atoms with Crippen LogP contribution in [0.3, 0.4) is 0 Å². The highest BCUT2D eigenvalue weighted by Gasteiger charge is 2.43. The Kier molecular flexibility index (Phi) is 1.99. The van der Waals surface area contributed by atoms with Crippen LogP contribution in [0.2, 0.25) is 0 Å². The lowest BCUT2D eigenvalue weighted by molar-refractivity contribution is 0.0896. The van der Waals surface area contributed by atoms with Crippen LogP contribution >= 0.6 is 0 Å². The minimum Gasteiger partial charge on any atom is -0.375 e. The summed E-state index contributed by atoms with van der Waals surface area (Å²) in [5, 5.41) is 0. The van der Waals surface area contributed by atoms with Gasteiger partial charge in [-0.05, 0) is 26.2 Å². The molecule has 2 rings (SSSR count). The lowest BCUT2D eigenvalue weighted by Gasteiger charge is -2.20. The van der Waals surface area contributed by atoms with Crippen LogP contribution in [0.4, 0.5) is 0 Å². The molecule has 4 unspecified atom stereocenters. The van der Waals surface area contributed by atoms with Crippen molar-refractivity contribution in [2.45, 2.75) is 44.4 Å². The Bertz CT molecular complexity index is 223. The Morgan fingerprint density at radius 2 is 2.42 bits per heavy atom. The molecule has 0 aromatic rings. The highest BCUT2D eigenvalue weighted by molar-refractivity contribution is 5.33. The average molecular weight is 167 g/mol. The molecule has 0 amide bonds. The van der Waals surface area contributed by atoms with Crippen molar-refractivity contribution in [1.29, 1.82) is 0 Å². The van der Waals surface area contributed by atoms with E-state index in [-0.39, 0.29) is 6.04 Å². The minimum atomic E-state index is 0.0952. The molecule has 2 fully saturated rings. The second kappa shape index (κ2) is 3.00. The normalized spacial score (nSPS) is 40.9. The Hall–Kier alpha value is -0.660. The summed E-state index contributed by atoms with van der Waals surface area (Å²) < 4.78 is 5.66. The Morgan fingerprint density at radius 1 is 1.58 bits per heavy atom. The first kappa shape index (κ1) is 7.96. The molecule has 3 nitrogen and oxygen atoms in total. The molecule has 2 aliphatic rings. The summed E-state index contributed by atoms with van der Waals surface area (Å²) in [6.07, 6.45) is 5.86. The largest absolute Gasteiger partial charge is 0.375 e. The van der Waals surface area contributed by atoms with E-state index in [4.69, 9.17) is 4.74 Å². The third-order valence-electron chi connectivity index (χ3n) is 3.03. The van der Waals surface area contributed by atoms with Crippen LogP contribution in [-0.2, 0) is 9.53 Å². The van der Waals surface area contributed by atoms with Gasteiger partial charge in [0.1, 0.15) is 0 Å². The summed E-state index contributed by atoms with van der Waals surface area (Å²) in [5.41, 5.74) is 0. The monoisotopic (exact) mass is 167 g/mol. The van der Waals surface area contributed by atoms with Crippen molar-refractivity contribution in [1.82, 2.24) is 0 Å². The molecule has 12 heavy (non-hydrogen) atoms. The van der Waals surface area contributed by atoms with E-state index in [1.807, 2.05) is 6.92 Å². The van der Waals surface area contributed by atoms with Gasteiger partial charge in [-0.1, -0.05) is 0 Å². The number of ether oxygens (including phenoxy) is 1. The van der Waals surface area contributed by atoms with Crippen LogP contribution in [0.5, 0.6) is 0 Å². The molecule has 3 heteroatoms. The van der Waals surface area contributed by atoms with E-state index < -0.39 is 0 Å². The topological polar surface area (TPSA) is 38.7 Å². The molecule has 2 aliphatic heterocycles. The first-order valence-corrected chi connectivity index (χ1v) is 4.53. The predicted octanol–water partition coefficient (Wildman–Crippen LogP) is 1.28. The fourth-order valence-electron chi connectivity index (χ4n) is 2.36. The number of hydrogen-bond donors (Lipinski definition) is 0. The second-order valence-corrected chi connectivity index (χ2v) is 3.73. The van der Waals surface area contributed by atoms with Crippen LogP contribution < -0.4 is 0 Å². The zero-order valence-electron chi connectivity index (χ0n) is 7.19. The molecule has 0 aliphatic carbocycles. The Morgan fingerprint density at radius 3 is 2.92 bits per heavy atom. The van der Waals surface area contributed by atoms with E-state index in [0.717, 1.165) is 12.8 Å². The molecule has 0 aromatic heterocycles. The maximum atomic E-state index is 10.0. The van der Waals surface area contributed by atoms with Gasteiger partial charge in [0.05, 0.1) is 18.2 Å². The van der Waals surface area contributed by atoms with E-state index in [1.54, 1.807) is 6.08 Å². The fraction of sp³-hybridized carbons (Fsp3) is 0.889. The molecule has 2 bridgehead atoms. The summed E-state index contributed by atoms with van der Waals surface area (Å²) in [5.74, 6) is 0.463. The van der Waals surface area contributed by atoms with Gasteiger partial charge in [0.15, 0.2) is 0 Å². The maximum Gasteiger partial charge on any atom is 0.235 e. The summed E-state index contributed by atoms with van der Waals surface area (Å²) in [6.45, 7) is 1.97. The molecule has 2 saturated heterocycles. The lowest BCUT2D eigenvalue weighted by atomic mass is 9.85. The Balaban J connectivity index is 2.01. The van der Waals surface area contributed by atoms with Gasteiger partial charge in [0.25, 0.3) is 0 Å². The summed E-state index contributed by atoms with van der Waals surface area (Å²) in [7, 11) is 0. The van der Waals surface area contributed by atoms with Crippen LogP contribution in [-0.4, -0.2) is 24.3 Å². The zero-order valence-corrected chi connectivity index (χ0v) is 7.19. The molecule has 2 heterocycles. The highest BCUT2D eigenvalue weighted by atomic mass is 16.5. The van der Waals surface area contributed by atoms with Gasteiger partial charge in [-0.25, -0.2) is 9.79 Å². The summed E-state index contributed by atoms with van der Waals surface area (Å²) in [4.78, 5) is 13.8. The van der Waals surface area contributed by atoms with Crippen LogP contribution in [0.25, 0.3) is 0 Å². The van der Waals surface area contributed by atoms with Gasteiger partial charge >= 0.3 is 0 Å². The van der Waals surface area contributed by atoms with E-state index >= 15 is 0 Å². The van der Waals surface area contributed by atoms with Crippen molar-refractivity contribution in [2.75, 3.05) is 0 Å². The maximum absolute atomic E-state index is 10.0. The molecule has 0 saturated carbocycles. The molecule has 0 spiro atoms. The second-order valence-electron chi connectivity index (χ2n) is 3.73. The summed E-state index contributed by atoms with van der Waals surface area (Å²) >= 11 is 0. The SMILES string of the molecule is CC(N=C=O)C1CC2CCC1O2. The van der Waals surface area contributed by atoms with E-state index in [2.05, 4.69) is 4.99 Å². The van der Waals surface area contributed by atoms with Gasteiger partial charge in [-0.2, -0.15) is 0 Å². The van der Waals surface area contributed by atoms with Crippen LogP contribution in [0.15, 0.2) is 4.99 Å². The van der Waals surface area contributed by atoms with E-state index in [0.29, 0.717) is 18.1 Å². The zero-order chi connectivity index (χ0) is 8.55. The fourth-order valence-corrected chi connectivity index (χ4v) is 2.36. The van der Waals surface area contributed by atoms with Crippen LogP contribution in [0.1, 0.15) is 26.2 Å². The van der Waals surface area contributed by atoms with Gasteiger partial charge in [0, 0.05) is 5.92 Å². The first-order chi connectivity index (χ1) is 5.81. The Labute approximate surface area is 71.8 Å². The van der Waals surface area contributed by atoms with Crippen molar-refractivity contribution in [3.8, 4) is 0 Å². The quantitative estimate of drug-likeness (QED) is 0.459. The first-order valence-electron chi connectivity index (χ1n) is 4.53. The third kappa shape index (κ3) is 1.19. The van der Waals surface area contributed by atoms with Gasteiger partial charge in [-0.3, -0.25) is 0 Å². The molecule has 66 valence electrons. The highest BCUT2D eigenvalue weighted by Crippen LogP contribution is 2.40.